The number of hydrogen-bond donors (Lipinski definition) is 0. The molecule has 1 radical (unpaired) electrons. The van der Waals surface area contributed by atoms with Crippen molar-refractivity contribution in [1.82, 2.24) is 0 Å². The zero-order valence-electron chi connectivity index (χ0n) is 5.06. The van der Waals surface area contributed by atoms with E-state index >= 15 is 0 Å². The van der Waals surface area contributed by atoms with Crippen molar-refractivity contribution in [3.8, 4) is 0 Å². The fourth-order valence-electron chi connectivity index (χ4n) is 0.786. The minimum atomic E-state index is 1.11. The average Bonchev–Trinajstić information content (AvgIpc) is 1.62. The minimum Gasteiger partial charge on any atom is -0.0882 e. The van der Waals surface area contributed by atoms with Crippen molar-refractivity contribution < 1.29 is 0 Å². The maximum Gasteiger partial charge on any atom is -0.0245 e. The van der Waals surface area contributed by atoms with Gasteiger partial charge in [-0.25, -0.2) is 0 Å². The van der Waals surface area contributed by atoms with Crippen LogP contribution in [-0.4, -0.2) is 0 Å². The van der Waals surface area contributed by atoms with E-state index < -0.39 is 0 Å². The van der Waals surface area contributed by atoms with E-state index in [0.717, 1.165) is 6.42 Å². The maximum atomic E-state index is 3.21. The molecule has 1 rings (SSSR count). The third-order valence-corrected chi connectivity index (χ3v) is 1.24. The monoisotopic (exact) mass is 107 g/mol. The van der Waals surface area contributed by atoms with Gasteiger partial charge in [0, 0.05) is 0 Å². The summed E-state index contributed by atoms with van der Waals surface area (Å²) in [7, 11) is 0. The Morgan fingerprint density at radius 3 is 2.88 bits per heavy atom. The Labute approximate surface area is 50.9 Å². The second kappa shape index (κ2) is 3.48. The van der Waals surface area contributed by atoms with E-state index in [2.05, 4.69) is 24.3 Å². The van der Waals surface area contributed by atoms with Gasteiger partial charge in [0.2, 0.25) is 0 Å². The van der Waals surface area contributed by atoms with Crippen LogP contribution in [0.15, 0.2) is 18.2 Å². The molecule has 0 unspecified atom stereocenters. The summed E-state index contributed by atoms with van der Waals surface area (Å²) in [5.74, 6) is 0. The molecule has 0 amide bonds. The standard InChI is InChI=1S/C8H11/c1-2-4-6-8-7-5-3-1/h1-2,7H,3-6H2/b2-1-,8-7?. The smallest absolute Gasteiger partial charge is 0.0245 e. The molecule has 0 heteroatoms. The highest BCUT2D eigenvalue weighted by Gasteiger charge is 1.82. The minimum absolute atomic E-state index is 1.11. The molecule has 0 saturated heterocycles. The number of rotatable bonds is 0. The second-order valence-corrected chi connectivity index (χ2v) is 2.00. The summed E-state index contributed by atoms with van der Waals surface area (Å²) < 4.78 is 0. The van der Waals surface area contributed by atoms with Gasteiger partial charge in [-0.1, -0.05) is 18.2 Å². The van der Waals surface area contributed by atoms with Crippen LogP contribution in [0.1, 0.15) is 25.7 Å². The molecule has 0 spiro atoms. The van der Waals surface area contributed by atoms with Gasteiger partial charge in [-0.2, -0.15) is 0 Å². The molecule has 0 aromatic rings. The zero-order valence-corrected chi connectivity index (χ0v) is 5.06. The van der Waals surface area contributed by atoms with Crippen molar-refractivity contribution in [3.05, 3.63) is 24.3 Å². The van der Waals surface area contributed by atoms with E-state index in [1.165, 1.54) is 19.3 Å². The van der Waals surface area contributed by atoms with Crippen molar-refractivity contribution in [1.29, 1.82) is 0 Å². The van der Waals surface area contributed by atoms with Crippen LogP contribution in [0.5, 0.6) is 0 Å². The summed E-state index contributed by atoms with van der Waals surface area (Å²) in [6, 6.07) is 0. The highest BCUT2D eigenvalue weighted by Crippen LogP contribution is 2.01. The van der Waals surface area contributed by atoms with Gasteiger partial charge in [0.15, 0.2) is 0 Å². The van der Waals surface area contributed by atoms with Crippen molar-refractivity contribution in [3.63, 3.8) is 0 Å². The molecule has 0 aromatic heterocycles. The Balaban J connectivity index is 2.29. The van der Waals surface area contributed by atoms with Crippen molar-refractivity contribution in [2.24, 2.45) is 0 Å². The van der Waals surface area contributed by atoms with Crippen molar-refractivity contribution in [2.75, 3.05) is 0 Å². The van der Waals surface area contributed by atoms with Crippen LogP contribution in [0.4, 0.5) is 0 Å². The van der Waals surface area contributed by atoms with Crippen LogP contribution in [-0.2, 0) is 0 Å². The van der Waals surface area contributed by atoms with Crippen molar-refractivity contribution in [2.45, 2.75) is 25.7 Å². The Kier molecular flexibility index (Phi) is 2.44. The molecular formula is C8H11. The van der Waals surface area contributed by atoms with Crippen LogP contribution >= 0.6 is 0 Å². The van der Waals surface area contributed by atoms with Gasteiger partial charge in [0.1, 0.15) is 0 Å². The molecule has 0 saturated carbocycles. The number of hydrogen-bond acceptors (Lipinski definition) is 0. The Hall–Kier alpha value is -0.520. The summed E-state index contributed by atoms with van der Waals surface area (Å²) in [5, 5.41) is 0. The molecule has 0 atom stereocenters. The molecular weight excluding hydrogens is 96.1 g/mol. The van der Waals surface area contributed by atoms with E-state index in [4.69, 9.17) is 0 Å². The molecule has 43 valence electrons. The van der Waals surface area contributed by atoms with E-state index in [9.17, 15) is 0 Å². The molecule has 8 heavy (non-hydrogen) atoms. The fourth-order valence-corrected chi connectivity index (χ4v) is 0.786. The average molecular weight is 107 g/mol. The first-order valence-corrected chi connectivity index (χ1v) is 3.20. The predicted molar refractivity (Wildman–Crippen MR) is 35.4 cm³/mol. The second-order valence-electron chi connectivity index (χ2n) is 2.00. The largest absolute Gasteiger partial charge is 0.0882 e. The third-order valence-electron chi connectivity index (χ3n) is 1.24. The summed E-state index contributed by atoms with van der Waals surface area (Å²) in [5.41, 5.74) is 0. The predicted octanol–water partition coefficient (Wildman–Crippen LogP) is 2.48. The quantitative estimate of drug-likeness (QED) is 0.417. The molecule has 0 nitrogen and oxygen atoms in total. The van der Waals surface area contributed by atoms with Crippen LogP contribution in [0.3, 0.4) is 0 Å². The van der Waals surface area contributed by atoms with Gasteiger partial charge in [0.05, 0.1) is 0 Å². The highest BCUT2D eigenvalue weighted by atomic mass is 13.9. The van der Waals surface area contributed by atoms with Gasteiger partial charge in [-0.05, 0) is 31.8 Å². The molecule has 1 aliphatic carbocycles. The molecule has 0 bridgehead atoms. The van der Waals surface area contributed by atoms with Gasteiger partial charge in [-0.15, -0.1) is 0 Å². The Morgan fingerprint density at radius 1 is 1.00 bits per heavy atom. The Bertz CT molecular complexity index is 72.6. The van der Waals surface area contributed by atoms with E-state index in [0.29, 0.717) is 0 Å². The van der Waals surface area contributed by atoms with Crippen molar-refractivity contribution >= 4 is 0 Å². The lowest BCUT2D eigenvalue weighted by Crippen LogP contribution is -1.72. The highest BCUT2D eigenvalue weighted by molar-refractivity contribution is 4.89. The fraction of sp³-hybridized carbons (Fsp3) is 0.500. The van der Waals surface area contributed by atoms with E-state index in [-0.39, 0.29) is 0 Å². The SMILES string of the molecule is [C]1=CCC/C=C\CC1. The normalized spacial score (nSPS) is 24.0. The van der Waals surface area contributed by atoms with Crippen LogP contribution in [0.25, 0.3) is 0 Å². The van der Waals surface area contributed by atoms with Crippen LogP contribution in [0.2, 0.25) is 0 Å². The summed E-state index contributed by atoms with van der Waals surface area (Å²) in [6.45, 7) is 0. The molecule has 0 N–H and O–H groups in total. The van der Waals surface area contributed by atoms with Gasteiger partial charge >= 0.3 is 0 Å². The summed E-state index contributed by atoms with van der Waals surface area (Å²) >= 11 is 0. The van der Waals surface area contributed by atoms with Gasteiger partial charge in [-0.3, -0.25) is 0 Å². The lowest BCUT2D eigenvalue weighted by Gasteiger charge is -1.91. The summed E-state index contributed by atoms with van der Waals surface area (Å²) in [6.07, 6.45) is 14.5. The van der Waals surface area contributed by atoms with E-state index in [1.807, 2.05) is 0 Å². The first kappa shape index (κ1) is 5.61. The van der Waals surface area contributed by atoms with Gasteiger partial charge < -0.3 is 0 Å². The van der Waals surface area contributed by atoms with Crippen LogP contribution in [0, 0.1) is 6.08 Å². The molecule has 1 aliphatic rings. The Morgan fingerprint density at radius 2 is 1.88 bits per heavy atom. The topological polar surface area (TPSA) is 0 Å². The molecule has 0 aliphatic heterocycles. The zero-order chi connectivity index (χ0) is 5.66. The third kappa shape index (κ3) is 1.97. The first-order chi connectivity index (χ1) is 4.00. The van der Waals surface area contributed by atoms with Gasteiger partial charge in [0.25, 0.3) is 0 Å². The molecule has 0 fully saturated rings. The lowest BCUT2D eigenvalue weighted by atomic mass is 10.1. The van der Waals surface area contributed by atoms with Crippen LogP contribution < -0.4 is 0 Å². The molecule has 0 heterocycles. The van der Waals surface area contributed by atoms with E-state index in [1.54, 1.807) is 0 Å². The maximum absolute atomic E-state index is 3.21. The summed E-state index contributed by atoms with van der Waals surface area (Å²) in [4.78, 5) is 0. The first-order valence-electron chi connectivity index (χ1n) is 3.20. The lowest BCUT2D eigenvalue weighted by molar-refractivity contribution is 0.944. The molecule has 0 aromatic carbocycles. The number of allylic oxidation sites excluding steroid dienone is 4.